The number of hydrogen-bond acceptors (Lipinski definition) is 4. The van der Waals surface area contributed by atoms with Gasteiger partial charge in [0.2, 0.25) is 5.95 Å². The molecule has 266 valence electrons. The molecule has 12 aromatic rings. The molecular formula is C51H31N5O. The molecule has 6 nitrogen and oxygen atoms in total. The maximum absolute atomic E-state index is 6.57. The van der Waals surface area contributed by atoms with Gasteiger partial charge < -0.3 is 8.98 Å². The first-order valence-corrected chi connectivity index (χ1v) is 19.1. The summed E-state index contributed by atoms with van der Waals surface area (Å²) in [5, 5.41) is 6.66. The molecule has 4 aromatic heterocycles. The van der Waals surface area contributed by atoms with E-state index < -0.39 is 0 Å². The van der Waals surface area contributed by atoms with Gasteiger partial charge in [0.1, 0.15) is 11.2 Å². The molecule has 12 rings (SSSR count). The van der Waals surface area contributed by atoms with Crippen LogP contribution in [0.4, 0.5) is 0 Å². The zero-order chi connectivity index (χ0) is 37.5. The highest BCUT2D eigenvalue weighted by molar-refractivity contribution is 6.14. The van der Waals surface area contributed by atoms with Crippen LogP contribution in [-0.4, -0.2) is 24.1 Å². The largest absolute Gasteiger partial charge is 0.456 e. The van der Waals surface area contributed by atoms with Gasteiger partial charge in [-0.25, -0.2) is 4.98 Å². The van der Waals surface area contributed by atoms with Crippen LogP contribution in [0, 0.1) is 0 Å². The summed E-state index contributed by atoms with van der Waals surface area (Å²) in [7, 11) is 0. The van der Waals surface area contributed by atoms with Crippen molar-refractivity contribution in [3.05, 3.63) is 188 Å². The van der Waals surface area contributed by atoms with Gasteiger partial charge in [0, 0.05) is 49.1 Å². The van der Waals surface area contributed by atoms with E-state index in [2.05, 4.69) is 155 Å². The molecule has 57 heavy (non-hydrogen) atoms. The molecule has 0 atom stereocenters. The van der Waals surface area contributed by atoms with Crippen LogP contribution in [0.3, 0.4) is 0 Å². The van der Waals surface area contributed by atoms with Crippen LogP contribution in [0.1, 0.15) is 0 Å². The quantitative estimate of drug-likeness (QED) is 0.177. The molecule has 4 heterocycles. The fourth-order valence-corrected chi connectivity index (χ4v) is 8.64. The van der Waals surface area contributed by atoms with Crippen molar-refractivity contribution in [2.75, 3.05) is 0 Å². The molecule has 0 spiro atoms. The fraction of sp³-hybridized carbons (Fsp3) is 0. The van der Waals surface area contributed by atoms with Crippen LogP contribution in [0.25, 0.3) is 111 Å². The Morgan fingerprint density at radius 1 is 0.351 bits per heavy atom. The van der Waals surface area contributed by atoms with E-state index in [4.69, 9.17) is 19.4 Å². The molecule has 0 saturated heterocycles. The number of aromatic nitrogens is 5. The van der Waals surface area contributed by atoms with Gasteiger partial charge in [0.25, 0.3) is 0 Å². The zero-order valence-electron chi connectivity index (χ0n) is 30.5. The summed E-state index contributed by atoms with van der Waals surface area (Å²) in [5.74, 6) is 1.73. The van der Waals surface area contributed by atoms with Crippen molar-refractivity contribution in [1.82, 2.24) is 24.1 Å². The Hall–Kier alpha value is -7.83. The Morgan fingerprint density at radius 3 is 1.67 bits per heavy atom. The molecule has 0 radical (unpaired) electrons. The maximum atomic E-state index is 6.57. The number of benzene rings is 8. The Labute approximate surface area is 326 Å². The van der Waals surface area contributed by atoms with Gasteiger partial charge >= 0.3 is 0 Å². The third-order valence-corrected chi connectivity index (χ3v) is 11.2. The second-order valence-electron chi connectivity index (χ2n) is 14.4. The number of furan rings is 1. The second kappa shape index (κ2) is 12.3. The predicted molar refractivity (Wildman–Crippen MR) is 232 cm³/mol. The molecule has 0 aliphatic heterocycles. The Morgan fingerprint density at radius 2 is 0.947 bits per heavy atom. The van der Waals surface area contributed by atoms with Crippen LogP contribution in [0.5, 0.6) is 0 Å². The third-order valence-electron chi connectivity index (χ3n) is 11.2. The van der Waals surface area contributed by atoms with Crippen molar-refractivity contribution < 1.29 is 4.42 Å². The summed E-state index contributed by atoms with van der Waals surface area (Å²) >= 11 is 0. The van der Waals surface area contributed by atoms with Crippen molar-refractivity contribution in [2.45, 2.75) is 0 Å². The van der Waals surface area contributed by atoms with E-state index in [1.165, 1.54) is 21.9 Å². The number of rotatable bonds is 5. The lowest BCUT2D eigenvalue weighted by molar-refractivity contribution is 0.669. The summed E-state index contributed by atoms with van der Waals surface area (Å²) in [6.45, 7) is 0. The molecule has 0 aliphatic rings. The van der Waals surface area contributed by atoms with Crippen LogP contribution in [0.2, 0.25) is 0 Å². The van der Waals surface area contributed by atoms with E-state index in [1.54, 1.807) is 0 Å². The van der Waals surface area contributed by atoms with Gasteiger partial charge in [-0.15, -0.1) is 0 Å². The number of nitrogens with zero attached hydrogens (tertiary/aromatic N) is 5. The van der Waals surface area contributed by atoms with Crippen molar-refractivity contribution >= 4 is 65.6 Å². The van der Waals surface area contributed by atoms with Gasteiger partial charge in [-0.2, -0.15) is 9.97 Å². The predicted octanol–water partition coefficient (Wildman–Crippen LogP) is 13.0. The third kappa shape index (κ3) is 4.87. The van der Waals surface area contributed by atoms with Crippen molar-refractivity contribution in [1.29, 1.82) is 0 Å². The van der Waals surface area contributed by atoms with Gasteiger partial charge in [0.15, 0.2) is 11.6 Å². The van der Waals surface area contributed by atoms with Crippen molar-refractivity contribution in [3.63, 3.8) is 0 Å². The minimum absolute atomic E-state index is 0.557. The zero-order valence-corrected chi connectivity index (χ0v) is 30.5. The number of para-hydroxylation sites is 3. The lowest BCUT2D eigenvalue weighted by atomic mass is 10.0. The van der Waals surface area contributed by atoms with Gasteiger partial charge in [0.05, 0.1) is 22.1 Å². The lowest BCUT2D eigenvalue weighted by Gasteiger charge is -2.11. The molecule has 0 N–H and O–H groups in total. The lowest BCUT2D eigenvalue weighted by Crippen LogP contribution is -2.06. The summed E-state index contributed by atoms with van der Waals surface area (Å²) in [5.41, 5.74) is 11.2. The van der Waals surface area contributed by atoms with E-state index in [-0.39, 0.29) is 0 Å². The molecule has 0 bridgehead atoms. The Bertz CT molecular complexity index is 3470. The molecule has 6 heteroatoms. The normalized spacial score (nSPS) is 11.9. The monoisotopic (exact) mass is 729 g/mol. The highest BCUT2D eigenvalue weighted by Gasteiger charge is 2.21. The SMILES string of the molecule is c1ccc(-c2ccc3c(c2)c2ccccc2n3-c2ccc3oc4cccc(-c5nc(-c6ccccc6)nc(-n6c7ccccc7c7ccccc76)n5)c4c3c2)cc1. The first-order valence-electron chi connectivity index (χ1n) is 19.1. The average Bonchev–Trinajstić information content (AvgIpc) is 3.94. The number of fused-ring (bicyclic) bond motifs is 9. The Kier molecular flexibility index (Phi) is 6.83. The number of hydrogen-bond donors (Lipinski definition) is 0. The standard InChI is InChI=1S/C51H31N5O/c1-3-14-32(15-4-1)34-26-28-45-40(30-34)38-20-9-10-22-42(38)55(45)35-27-29-46-41(31-35)48-39(21-13-25-47(48)57-46)50-52-49(33-16-5-2-6-17-33)53-51(54-50)56-43-23-11-7-18-36(43)37-19-8-12-24-44(37)56/h1-31H. The molecule has 0 fully saturated rings. The highest BCUT2D eigenvalue weighted by Crippen LogP contribution is 2.40. The first kappa shape index (κ1) is 31.5. The topological polar surface area (TPSA) is 61.7 Å². The van der Waals surface area contributed by atoms with Gasteiger partial charge in [-0.05, 0) is 65.7 Å². The van der Waals surface area contributed by atoms with Crippen molar-refractivity contribution in [3.8, 4) is 45.5 Å². The second-order valence-corrected chi connectivity index (χ2v) is 14.4. The van der Waals surface area contributed by atoms with E-state index in [0.717, 1.165) is 71.6 Å². The molecule has 0 saturated carbocycles. The van der Waals surface area contributed by atoms with Crippen molar-refractivity contribution in [2.24, 2.45) is 0 Å². The van der Waals surface area contributed by atoms with E-state index in [1.807, 2.05) is 42.5 Å². The molecule has 0 unspecified atom stereocenters. The first-order chi connectivity index (χ1) is 28.3. The smallest absolute Gasteiger partial charge is 0.238 e. The van der Waals surface area contributed by atoms with E-state index in [0.29, 0.717) is 17.6 Å². The van der Waals surface area contributed by atoms with E-state index in [9.17, 15) is 0 Å². The van der Waals surface area contributed by atoms with Crippen LogP contribution >= 0.6 is 0 Å². The summed E-state index contributed by atoms with van der Waals surface area (Å²) in [6, 6.07) is 65.6. The van der Waals surface area contributed by atoms with Gasteiger partial charge in [-0.3, -0.25) is 4.57 Å². The van der Waals surface area contributed by atoms with Crippen LogP contribution < -0.4 is 0 Å². The Balaban J connectivity index is 1.10. The average molecular weight is 730 g/mol. The minimum Gasteiger partial charge on any atom is -0.456 e. The van der Waals surface area contributed by atoms with E-state index >= 15 is 0 Å². The summed E-state index contributed by atoms with van der Waals surface area (Å²) < 4.78 is 11.1. The summed E-state index contributed by atoms with van der Waals surface area (Å²) in [6.07, 6.45) is 0. The highest BCUT2D eigenvalue weighted by atomic mass is 16.3. The fourth-order valence-electron chi connectivity index (χ4n) is 8.64. The molecular weight excluding hydrogens is 699 g/mol. The van der Waals surface area contributed by atoms with Crippen LogP contribution in [0.15, 0.2) is 192 Å². The molecule has 0 amide bonds. The minimum atomic E-state index is 0.557. The maximum Gasteiger partial charge on any atom is 0.238 e. The van der Waals surface area contributed by atoms with Gasteiger partial charge in [-0.1, -0.05) is 133 Å². The summed E-state index contributed by atoms with van der Waals surface area (Å²) in [4.78, 5) is 15.6. The molecule has 0 aliphatic carbocycles. The van der Waals surface area contributed by atoms with Crippen LogP contribution in [-0.2, 0) is 0 Å². The molecule has 8 aromatic carbocycles.